The molecule has 1 aromatic rings. The van der Waals surface area contributed by atoms with Crippen LogP contribution in [0.5, 0.6) is 11.5 Å². The summed E-state index contributed by atoms with van der Waals surface area (Å²) < 4.78 is 5.69. The zero-order valence-electron chi connectivity index (χ0n) is 14.4. The molecule has 4 nitrogen and oxygen atoms in total. The Labute approximate surface area is 195 Å². The summed E-state index contributed by atoms with van der Waals surface area (Å²) in [5.41, 5.74) is 1.10. The minimum atomic E-state index is -1.94. The third kappa shape index (κ3) is 2.85. The van der Waals surface area contributed by atoms with Gasteiger partial charge in [-0.25, -0.2) is 0 Å². The summed E-state index contributed by atoms with van der Waals surface area (Å²) in [6.07, 6.45) is 3.22. The number of hydrogen-bond donors (Lipinski definition) is 1. The maximum Gasteiger partial charge on any atom is 0.199 e. The number of Topliss-reactive ketones (excluding diaryl/α,β-unsaturated/α-hetero) is 2. The molecule has 2 aliphatic rings. The molecule has 3 atom stereocenters. The van der Waals surface area contributed by atoms with Crippen molar-refractivity contribution in [3.05, 3.63) is 55.6 Å². The maximum absolute atomic E-state index is 13.2. The van der Waals surface area contributed by atoms with Crippen LogP contribution in [0.3, 0.4) is 0 Å². The molecule has 0 heterocycles. The van der Waals surface area contributed by atoms with Gasteiger partial charge < -0.3 is 9.84 Å². The van der Waals surface area contributed by atoms with Gasteiger partial charge in [-0.15, -0.1) is 23.2 Å². The van der Waals surface area contributed by atoms with E-state index < -0.39 is 37.3 Å². The number of methoxy groups -OCH3 is 1. The third-order valence-electron chi connectivity index (χ3n) is 5.05. The molecule has 0 aromatic heterocycles. The smallest absolute Gasteiger partial charge is 0.199 e. The van der Waals surface area contributed by atoms with Crippen LogP contribution < -0.4 is 4.74 Å². The normalized spacial score (nSPS) is 30.1. The fraction of sp³-hybridized carbons (Fsp3) is 0.263. The zero-order chi connectivity index (χ0) is 21.0. The third-order valence-corrected chi connectivity index (χ3v) is 8.12. The van der Waals surface area contributed by atoms with Gasteiger partial charge >= 0.3 is 0 Å². The van der Waals surface area contributed by atoms with Crippen LogP contribution in [0.1, 0.15) is 17.9 Å². The summed E-state index contributed by atoms with van der Waals surface area (Å²) in [5.74, 6) is -2.20. The molecule has 0 spiro atoms. The van der Waals surface area contributed by atoms with Crippen LogP contribution in [-0.4, -0.2) is 33.5 Å². The summed E-state index contributed by atoms with van der Waals surface area (Å²) in [5, 5.41) is 9.29. The number of ether oxygens (including phenoxy) is 1. The first-order valence-electron chi connectivity index (χ1n) is 7.96. The lowest BCUT2D eigenvalue weighted by Gasteiger charge is -2.50. The quantitative estimate of drug-likeness (QED) is 0.388. The second-order valence-corrected chi connectivity index (χ2v) is 9.56. The molecule has 0 unspecified atom stereocenters. The molecule has 148 valence electrons. The topological polar surface area (TPSA) is 63.6 Å². The average molecular weight is 574 g/mol. The number of ketones is 2. The van der Waals surface area contributed by atoms with E-state index in [1.807, 2.05) is 22.6 Å². The predicted molar refractivity (Wildman–Crippen MR) is 119 cm³/mol. The molecule has 0 saturated heterocycles. The molecular formula is C19H13Cl4IO4. The molecule has 0 aliphatic heterocycles. The highest BCUT2D eigenvalue weighted by molar-refractivity contribution is 14.1. The number of rotatable bonds is 3. The number of phenolic OH excluding ortho intramolecular Hbond substituents is 1. The average Bonchev–Trinajstić information content (AvgIpc) is 2.68. The van der Waals surface area contributed by atoms with Crippen LogP contribution >= 0.6 is 69.0 Å². The van der Waals surface area contributed by atoms with Crippen LogP contribution in [0.2, 0.25) is 0 Å². The SMILES string of the molecule is C=CC1=CC[C@@]2(Cl)C(=O)C(Cl)=C(Cl)C(=O)[C@@]2(Cl)[C@H]1c1cc(I)c(O)c(OC)c1. The van der Waals surface area contributed by atoms with Crippen LogP contribution in [0.15, 0.2) is 46.5 Å². The number of phenols is 1. The second-order valence-electron chi connectivity index (χ2n) is 6.40. The molecule has 0 radical (unpaired) electrons. The van der Waals surface area contributed by atoms with E-state index in [1.54, 1.807) is 18.2 Å². The second kappa shape index (κ2) is 7.51. The van der Waals surface area contributed by atoms with Crippen LogP contribution in [0.25, 0.3) is 0 Å². The van der Waals surface area contributed by atoms with Gasteiger partial charge in [0.05, 0.1) is 10.7 Å². The Morgan fingerprint density at radius 2 is 1.86 bits per heavy atom. The highest BCUT2D eigenvalue weighted by atomic mass is 127. The lowest BCUT2D eigenvalue weighted by atomic mass is 9.62. The molecule has 1 aromatic carbocycles. The minimum Gasteiger partial charge on any atom is -0.504 e. The Kier molecular flexibility index (Phi) is 5.89. The molecule has 28 heavy (non-hydrogen) atoms. The van der Waals surface area contributed by atoms with Gasteiger partial charge in [0.1, 0.15) is 19.8 Å². The monoisotopic (exact) mass is 572 g/mol. The lowest BCUT2D eigenvalue weighted by molar-refractivity contribution is -0.127. The fourth-order valence-electron chi connectivity index (χ4n) is 3.62. The van der Waals surface area contributed by atoms with Crippen LogP contribution in [0.4, 0.5) is 0 Å². The van der Waals surface area contributed by atoms with Crippen molar-refractivity contribution in [3.63, 3.8) is 0 Å². The van der Waals surface area contributed by atoms with Crippen molar-refractivity contribution < 1.29 is 19.4 Å². The Balaban J connectivity index is 2.36. The van der Waals surface area contributed by atoms with E-state index in [0.29, 0.717) is 14.7 Å². The summed E-state index contributed by atoms with van der Waals surface area (Å²) in [7, 11) is 1.40. The van der Waals surface area contributed by atoms with Gasteiger partial charge in [0.25, 0.3) is 0 Å². The van der Waals surface area contributed by atoms with Crippen molar-refractivity contribution in [2.75, 3.05) is 7.11 Å². The molecule has 1 N–H and O–H groups in total. The number of carbonyl (C=O) groups excluding carboxylic acids is 2. The van der Waals surface area contributed by atoms with Crippen LogP contribution in [0, 0.1) is 3.57 Å². The molecule has 9 heteroatoms. The van der Waals surface area contributed by atoms with Crippen molar-refractivity contribution in [2.24, 2.45) is 0 Å². The summed E-state index contributed by atoms with van der Waals surface area (Å²) >= 11 is 27.6. The van der Waals surface area contributed by atoms with Gasteiger partial charge in [0.2, 0.25) is 0 Å². The molecule has 0 bridgehead atoms. The van der Waals surface area contributed by atoms with Crippen molar-refractivity contribution in [2.45, 2.75) is 22.1 Å². The number of hydrogen-bond acceptors (Lipinski definition) is 4. The van der Waals surface area contributed by atoms with E-state index in [2.05, 4.69) is 6.58 Å². The minimum absolute atomic E-state index is 0.0207. The first-order valence-corrected chi connectivity index (χ1v) is 10.5. The highest BCUT2D eigenvalue weighted by Crippen LogP contribution is 2.60. The van der Waals surface area contributed by atoms with E-state index in [4.69, 9.17) is 51.1 Å². The van der Waals surface area contributed by atoms with Crippen molar-refractivity contribution in [1.29, 1.82) is 0 Å². The number of aromatic hydroxyl groups is 1. The van der Waals surface area contributed by atoms with Gasteiger partial charge in [-0.05, 0) is 52.3 Å². The van der Waals surface area contributed by atoms with E-state index in [0.717, 1.165) is 0 Å². The van der Waals surface area contributed by atoms with Gasteiger partial charge in [-0.3, -0.25) is 9.59 Å². The number of alkyl halides is 2. The number of fused-ring (bicyclic) bond motifs is 1. The summed E-state index contributed by atoms with van der Waals surface area (Å²) in [6, 6.07) is 3.18. The molecule has 2 aliphatic carbocycles. The molecule has 3 rings (SSSR count). The molecular weight excluding hydrogens is 561 g/mol. The first-order chi connectivity index (χ1) is 13.0. The Morgan fingerprint density at radius 3 is 2.43 bits per heavy atom. The molecule has 0 fully saturated rings. The number of allylic oxidation sites excluding steroid dienone is 5. The largest absolute Gasteiger partial charge is 0.504 e. The van der Waals surface area contributed by atoms with E-state index in [1.165, 1.54) is 13.2 Å². The molecule has 0 saturated carbocycles. The van der Waals surface area contributed by atoms with Crippen molar-refractivity contribution in [1.82, 2.24) is 0 Å². The summed E-state index contributed by atoms with van der Waals surface area (Å²) in [6.45, 7) is 3.79. The van der Waals surface area contributed by atoms with E-state index in [9.17, 15) is 14.7 Å². The Morgan fingerprint density at radius 1 is 1.25 bits per heavy atom. The Bertz CT molecular complexity index is 986. The maximum atomic E-state index is 13.2. The van der Waals surface area contributed by atoms with Gasteiger partial charge in [0, 0.05) is 5.92 Å². The summed E-state index contributed by atoms with van der Waals surface area (Å²) in [4.78, 5) is 22.3. The number of halogens is 5. The lowest BCUT2D eigenvalue weighted by Crippen LogP contribution is -2.64. The van der Waals surface area contributed by atoms with Gasteiger partial charge in [-0.2, -0.15) is 0 Å². The zero-order valence-corrected chi connectivity index (χ0v) is 19.5. The van der Waals surface area contributed by atoms with Gasteiger partial charge in [-0.1, -0.05) is 41.9 Å². The number of benzene rings is 1. The predicted octanol–water partition coefficient (Wildman–Crippen LogP) is 5.40. The first kappa shape index (κ1) is 22.0. The molecule has 0 amide bonds. The fourth-order valence-corrected chi connectivity index (χ4v) is 5.70. The Hall–Kier alpha value is -0.730. The van der Waals surface area contributed by atoms with Crippen molar-refractivity contribution in [3.8, 4) is 11.5 Å². The van der Waals surface area contributed by atoms with E-state index >= 15 is 0 Å². The van der Waals surface area contributed by atoms with E-state index in [-0.39, 0.29) is 17.9 Å². The van der Waals surface area contributed by atoms with Crippen molar-refractivity contribution >= 4 is 80.6 Å². The highest BCUT2D eigenvalue weighted by Gasteiger charge is 2.68. The standard InChI is InChI=1S/C19H13Cl4IO4/c1-3-8-4-5-18(22)16(26)13(20)14(21)17(27)19(18,23)12(8)9-6-10(24)15(25)11(7-9)28-2/h3-4,6-7,12,25H,1,5H2,2H3/t12-,18-,19+/m1/s1. The van der Waals surface area contributed by atoms with Crippen LogP contribution in [-0.2, 0) is 9.59 Å². The number of carbonyl (C=O) groups is 2. The van der Waals surface area contributed by atoms with Gasteiger partial charge in [0.15, 0.2) is 23.1 Å².